The number of carbonyl (C=O) groups excluding carboxylic acids is 1. The molecule has 2 heterocycles. The van der Waals surface area contributed by atoms with Crippen LogP contribution < -0.4 is 5.43 Å². The van der Waals surface area contributed by atoms with Gasteiger partial charge in [0.2, 0.25) is 0 Å². The average Bonchev–Trinajstić information content (AvgIpc) is 3.37. The van der Waals surface area contributed by atoms with Crippen LogP contribution in [0.5, 0.6) is 0 Å². The molecule has 0 aliphatic rings. The molecule has 0 spiro atoms. The van der Waals surface area contributed by atoms with Gasteiger partial charge in [0.15, 0.2) is 0 Å². The van der Waals surface area contributed by atoms with Gasteiger partial charge in [-0.3, -0.25) is 4.79 Å². The van der Waals surface area contributed by atoms with E-state index in [1.807, 2.05) is 54.6 Å². The van der Waals surface area contributed by atoms with Crippen LogP contribution in [0.25, 0.3) is 33.5 Å². The Balaban J connectivity index is 1.39. The molecule has 5 aromatic rings. The highest BCUT2D eigenvalue weighted by atomic mass is 16.4. The first-order valence-electron chi connectivity index (χ1n) is 11.2. The molecular weight excluding hydrogens is 454 g/mol. The third-order valence-electron chi connectivity index (χ3n) is 5.84. The molecule has 0 aliphatic carbocycles. The number of aromatic nitrogens is 1. The number of nitrogens with zero attached hydrogens (tertiary/aromatic N) is 2. The third kappa shape index (κ3) is 4.50. The largest absolute Gasteiger partial charge is 0.478 e. The number of amides is 1. The van der Waals surface area contributed by atoms with E-state index in [-0.39, 0.29) is 11.5 Å². The number of carbonyl (C=O) groups is 2. The molecule has 0 fully saturated rings. The Morgan fingerprint density at radius 1 is 0.917 bits per heavy atom. The molecular formula is C29H21N3O4. The number of nitrogens with one attached hydrogen (secondary N) is 1. The molecule has 0 atom stereocenters. The number of fused-ring (bicyclic) bond motifs is 1. The van der Waals surface area contributed by atoms with Crippen molar-refractivity contribution >= 4 is 29.0 Å². The Bertz CT molecular complexity index is 1620. The fourth-order valence-electron chi connectivity index (χ4n) is 4.04. The number of hydrazone groups is 1. The minimum Gasteiger partial charge on any atom is -0.478 e. The summed E-state index contributed by atoms with van der Waals surface area (Å²) in [5.41, 5.74) is 6.83. The van der Waals surface area contributed by atoms with E-state index in [9.17, 15) is 14.7 Å². The van der Waals surface area contributed by atoms with E-state index in [1.54, 1.807) is 43.3 Å². The maximum absolute atomic E-state index is 13.1. The normalized spacial score (nSPS) is 11.1. The summed E-state index contributed by atoms with van der Waals surface area (Å²) >= 11 is 0. The number of hydrogen-bond acceptors (Lipinski definition) is 5. The first kappa shape index (κ1) is 22.7. The predicted molar refractivity (Wildman–Crippen MR) is 138 cm³/mol. The number of benzene rings is 3. The summed E-state index contributed by atoms with van der Waals surface area (Å²) in [4.78, 5) is 29.2. The molecule has 3 aromatic carbocycles. The Morgan fingerprint density at radius 2 is 1.69 bits per heavy atom. The van der Waals surface area contributed by atoms with Crippen LogP contribution in [0.15, 0.2) is 101 Å². The van der Waals surface area contributed by atoms with Crippen LogP contribution in [0.4, 0.5) is 0 Å². The molecule has 5 rings (SSSR count). The average molecular weight is 476 g/mol. The van der Waals surface area contributed by atoms with Crippen molar-refractivity contribution in [1.82, 2.24) is 10.4 Å². The number of carboxylic acids is 1. The Morgan fingerprint density at radius 3 is 2.50 bits per heavy atom. The summed E-state index contributed by atoms with van der Waals surface area (Å²) in [6, 6.07) is 27.3. The van der Waals surface area contributed by atoms with E-state index in [4.69, 9.17) is 9.40 Å². The molecule has 0 unspecified atom stereocenters. The number of hydrogen-bond donors (Lipinski definition) is 2. The van der Waals surface area contributed by atoms with Crippen molar-refractivity contribution in [3.8, 4) is 22.6 Å². The molecule has 2 aromatic heterocycles. The fourth-order valence-corrected chi connectivity index (χ4v) is 4.04. The van der Waals surface area contributed by atoms with Crippen molar-refractivity contribution in [1.29, 1.82) is 0 Å². The van der Waals surface area contributed by atoms with Gasteiger partial charge in [-0.25, -0.2) is 15.2 Å². The van der Waals surface area contributed by atoms with Crippen LogP contribution in [0.2, 0.25) is 0 Å². The van der Waals surface area contributed by atoms with Crippen LogP contribution in [-0.2, 0) is 0 Å². The summed E-state index contributed by atoms with van der Waals surface area (Å²) in [6.07, 6.45) is 1.40. The van der Waals surface area contributed by atoms with E-state index in [2.05, 4.69) is 10.5 Å². The second-order valence-electron chi connectivity index (χ2n) is 8.12. The lowest BCUT2D eigenvalue weighted by atomic mass is 10.0. The molecule has 7 nitrogen and oxygen atoms in total. The van der Waals surface area contributed by atoms with Gasteiger partial charge in [-0.2, -0.15) is 5.10 Å². The minimum atomic E-state index is -0.996. The van der Waals surface area contributed by atoms with Gasteiger partial charge in [0.05, 0.1) is 28.6 Å². The van der Waals surface area contributed by atoms with Gasteiger partial charge in [-0.1, -0.05) is 60.7 Å². The lowest BCUT2D eigenvalue weighted by Crippen LogP contribution is -2.18. The third-order valence-corrected chi connectivity index (χ3v) is 5.84. The Hall–Kier alpha value is -5.04. The van der Waals surface area contributed by atoms with Crippen LogP contribution in [0.1, 0.15) is 32.0 Å². The first-order chi connectivity index (χ1) is 17.5. The molecule has 0 aliphatic heterocycles. The lowest BCUT2D eigenvalue weighted by molar-refractivity contribution is 0.0696. The molecule has 0 radical (unpaired) electrons. The molecule has 36 heavy (non-hydrogen) atoms. The van der Waals surface area contributed by atoms with E-state index < -0.39 is 5.97 Å². The van der Waals surface area contributed by atoms with Crippen LogP contribution in [0, 0.1) is 6.92 Å². The highest BCUT2D eigenvalue weighted by Gasteiger charge is 2.15. The molecule has 7 heteroatoms. The number of aromatic carboxylic acids is 1. The van der Waals surface area contributed by atoms with E-state index in [0.29, 0.717) is 39.4 Å². The molecule has 1 amide bonds. The second-order valence-corrected chi connectivity index (χ2v) is 8.12. The van der Waals surface area contributed by atoms with E-state index >= 15 is 0 Å². The molecule has 0 bridgehead atoms. The maximum atomic E-state index is 13.1. The van der Waals surface area contributed by atoms with Crippen molar-refractivity contribution in [3.05, 3.63) is 113 Å². The molecule has 0 saturated carbocycles. The van der Waals surface area contributed by atoms with Crippen molar-refractivity contribution in [2.75, 3.05) is 0 Å². The highest BCUT2D eigenvalue weighted by molar-refractivity contribution is 6.07. The van der Waals surface area contributed by atoms with Gasteiger partial charge in [-0.05, 0) is 42.8 Å². The van der Waals surface area contributed by atoms with Crippen molar-refractivity contribution in [2.24, 2.45) is 5.10 Å². The van der Waals surface area contributed by atoms with Gasteiger partial charge in [0, 0.05) is 16.5 Å². The number of pyridine rings is 1. The summed E-state index contributed by atoms with van der Waals surface area (Å²) in [6.45, 7) is 1.73. The molecule has 2 N–H and O–H groups in total. The Kier molecular flexibility index (Phi) is 6.11. The topological polar surface area (TPSA) is 105 Å². The molecule has 176 valence electrons. The van der Waals surface area contributed by atoms with Gasteiger partial charge >= 0.3 is 5.97 Å². The summed E-state index contributed by atoms with van der Waals surface area (Å²) in [5, 5.41) is 14.1. The quantitative estimate of drug-likeness (QED) is 0.234. The standard InChI is InChI=1S/C29H21N3O4/c1-18-21(11-7-12-22(18)29(34)35)27-15-14-20(36-27)17-30-32-28(33)24-16-26(19-8-3-2-4-9-19)31-25-13-6-5-10-23(24)25/h2-17H,1H3,(H,32,33)(H,34,35)/b30-17+. The number of rotatable bonds is 6. The van der Waals surface area contributed by atoms with E-state index in [1.165, 1.54) is 6.21 Å². The Labute approximate surface area is 206 Å². The minimum absolute atomic E-state index is 0.214. The zero-order valence-corrected chi connectivity index (χ0v) is 19.3. The number of carboxylic acid groups (broad SMARTS) is 1. The summed E-state index contributed by atoms with van der Waals surface area (Å²) in [5.74, 6) is -0.450. The smallest absolute Gasteiger partial charge is 0.335 e. The zero-order valence-electron chi connectivity index (χ0n) is 19.3. The predicted octanol–water partition coefficient (Wildman–Crippen LogP) is 5.93. The molecule has 0 saturated heterocycles. The van der Waals surface area contributed by atoms with Crippen molar-refractivity contribution < 1.29 is 19.1 Å². The maximum Gasteiger partial charge on any atom is 0.335 e. The van der Waals surface area contributed by atoms with Crippen LogP contribution in [0.3, 0.4) is 0 Å². The monoisotopic (exact) mass is 475 g/mol. The van der Waals surface area contributed by atoms with Crippen LogP contribution in [-0.4, -0.2) is 28.2 Å². The van der Waals surface area contributed by atoms with Gasteiger partial charge in [-0.15, -0.1) is 0 Å². The second kappa shape index (κ2) is 9.68. The van der Waals surface area contributed by atoms with Crippen LogP contribution >= 0.6 is 0 Å². The van der Waals surface area contributed by atoms with Gasteiger partial charge in [0.25, 0.3) is 5.91 Å². The van der Waals surface area contributed by atoms with Gasteiger partial charge in [0.1, 0.15) is 11.5 Å². The van der Waals surface area contributed by atoms with Gasteiger partial charge < -0.3 is 9.52 Å². The van der Waals surface area contributed by atoms with Crippen molar-refractivity contribution in [2.45, 2.75) is 6.92 Å². The number of furan rings is 1. The summed E-state index contributed by atoms with van der Waals surface area (Å²) in [7, 11) is 0. The van der Waals surface area contributed by atoms with E-state index in [0.717, 1.165) is 10.9 Å². The number of para-hydroxylation sites is 1. The SMILES string of the molecule is Cc1c(C(=O)O)cccc1-c1ccc(/C=N/NC(=O)c2cc(-c3ccccc3)nc3ccccc23)o1. The summed E-state index contributed by atoms with van der Waals surface area (Å²) < 4.78 is 5.82. The highest BCUT2D eigenvalue weighted by Crippen LogP contribution is 2.28. The zero-order chi connectivity index (χ0) is 25.1. The van der Waals surface area contributed by atoms with Crippen molar-refractivity contribution in [3.63, 3.8) is 0 Å². The fraction of sp³-hybridized carbons (Fsp3) is 0.0345. The first-order valence-corrected chi connectivity index (χ1v) is 11.2. The lowest BCUT2D eigenvalue weighted by Gasteiger charge is -2.09.